The second kappa shape index (κ2) is 7.39. The van der Waals surface area contributed by atoms with E-state index < -0.39 is 11.2 Å². The third-order valence-electron chi connectivity index (χ3n) is 6.30. The highest BCUT2D eigenvalue weighted by atomic mass is 16.7. The molecule has 0 fully saturated rings. The lowest BCUT2D eigenvalue weighted by Crippen LogP contribution is -2.53. The highest BCUT2D eigenvalue weighted by Crippen LogP contribution is 2.57. The van der Waals surface area contributed by atoms with Gasteiger partial charge in [-0.25, -0.2) is 0 Å². The van der Waals surface area contributed by atoms with Crippen molar-refractivity contribution >= 4 is 0 Å². The molecule has 1 aliphatic heterocycles. The van der Waals surface area contributed by atoms with Crippen LogP contribution < -0.4 is 28.4 Å². The molecule has 2 aromatic rings. The third-order valence-corrected chi connectivity index (χ3v) is 6.30. The monoisotopic (exact) mass is 432 g/mol. The van der Waals surface area contributed by atoms with Crippen molar-refractivity contribution in [2.75, 3.05) is 35.2 Å². The second-order valence-electron chi connectivity index (χ2n) is 8.26. The molecule has 168 valence electrons. The number of hydrogen-bond donors (Lipinski definition) is 2. The highest BCUT2D eigenvalue weighted by Gasteiger charge is 2.46. The van der Waals surface area contributed by atoms with Crippen molar-refractivity contribution in [1.82, 2.24) is 0 Å². The first kappa shape index (κ1) is 21.4. The van der Waals surface area contributed by atoms with Crippen LogP contribution in [0, 0.1) is 0 Å². The molecule has 2 aliphatic rings. The van der Waals surface area contributed by atoms with E-state index in [-0.39, 0.29) is 19.6 Å². The van der Waals surface area contributed by atoms with E-state index in [1.807, 2.05) is 0 Å². The molecule has 0 bridgehead atoms. The van der Waals surface area contributed by atoms with Gasteiger partial charge in [0.1, 0.15) is 0 Å². The molecule has 0 spiro atoms. The van der Waals surface area contributed by atoms with Crippen LogP contribution in [-0.2, 0) is 12.8 Å². The summed E-state index contributed by atoms with van der Waals surface area (Å²) in [6.07, 6.45) is 0.298. The Morgan fingerprint density at radius 1 is 0.710 bits per heavy atom. The molecule has 8 heteroatoms. The van der Waals surface area contributed by atoms with Crippen molar-refractivity contribution in [2.24, 2.45) is 0 Å². The zero-order chi connectivity index (χ0) is 22.6. The molecule has 0 aromatic heterocycles. The molecule has 0 unspecified atom stereocenters. The quantitative estimate of drug-likeness (QED) is 0.762. The molecule has 1 heterocycles. The molecular formula is C23H28O8. The topological polar surface area (TPSA) is 95.8 Å². The van der Waals surface area contributed by atoms with E-state index in [1.54, 1.807) is 40.2 Å². The number of benzene rings is 2. The van der Waals surface area contributed by atoms with Crippen LogP contribution in [0.15, 0.2) is 12.1 Å². The minimum absolute atomic E-state index is 0.0429. The fraction of sp³-hybridized carbons (Fsp3) is 0.478. The Labute approximate surface area is 181 Å². The van der Waals surface area contributed by atoms with Crippen molar-refractivity contribution in [3.63, 3.8) is 0 Å². The lowest BCUT2D eigenvalue weighted by atomic mass is 9.72. The minimum Gasteiger partial charge on any atom is -0.493 e. The third kappa shape index (κ3) is 3.13. The fourth-order valence-corrected chi connectivity index (χ4v) is 4.40. The van der Waals surface area contributed by atoms with E-state index >= 15 is 0 Å². The summed E-state index contributed by atoms with van der Waals surface area (Å²) in [7, 11) is 6.17. The Kier molecular flexibility index (Phi) is 5.10. The standard InChI is InChI=1S/C23H28O8/c1-22(24)9-12-7-14(26-3)18(28-5)20(29-6)16(12)17-13(10-23(22,2)25)8-15(27-4)19-21(17)31-11-30-19/h7-8,24-25H,9-11H2,1-6H3/t22-,23+/m0/s1. The lowest BCUT2D eigenvalue weighted by molar-refractivity contribution is -0.129. The van der Waals surface area contributed by atoms with E-state index in [0.29, 0.717) is 51.2 Å². The molecule has 0 amide bonds. The van der Waals surface area contributed by atoms with Gasteiger partial charge in [0.25, 0.3) is 0 Å². The lowest BCUT2D eigenvalue weighted by Gasteiger charge is -2.41. The fourth-order valence-electron chi connectivity index (χ4n) is 4.40. The van der Waals surface area contributed by atoms with Crippen LogP contribution >= 0.6 is 0 Å². The minimum atomic E-state index is -1.45. The van der Waals surface area contributed by atoms with Gasteiger partial charge in [-0.1, -0.05) is 0 Å². The smallest absolute Gasteiger partial charge is 0.231 e. The molecule has 0 radical (unpaired) electrons. The van der Waals surface area contributed by atoms with Crippen LogP contribution in [0.2, 0.25) is 0 Å². The van der Waals surface area contributed by atoms with Crippen LogP contribution in [0.4, 0.5) is 0 Å². The summed E-state index contributed by atoms with van der Waals surface area (Å²) < 4.78 is 34.0. The Morgan fingerprint density at radius 2 is 1.23 bits per heavy atom. The summed E-state index contributed by atoms with van der Waals surface area (Å²) in [4.78, 5) is 0. The van der Waals surface area contributed by atoms with E-state index in [9.17, 15) is 10.2 Å². The van der Waals surface area contributed by atoms with Gasteiger partial charge in [-0.2, -0.15) is 0 Å². The largest absolute Gasteiger partial charge is 0.493 e. The number of ether oxygens (including phenoxy) is 6. The van der Waals surface area contributed by atoms with Gasteiger partial charge in [0.2, 0.25) is 18.3 Å². The van der Waals surface area contributed by atoms with Crippen LogP contribution in [-0.4, -0.2) is 56.6 Å². The van der Waals surface area contributed by atoms with Gasteiger partial charge in [-0.3, -0.25) is 0 Å². The summed E-state index contributed by atoms with van der Waals surface area (Å²) in [5.74, 6) is 2.79. The first-order valence-electron chi connectivity index (χ1n) is 9.95. The maximum atomic E-state index is 11.3. The summed E-state index contributed by atoms with van der Waals surface area (Å²) in [5, 5.41) is 22.6. The number of rotatable bonds is 4. The van der Waals surface area contributed by atoms with Crippen molar-refractivity contribution < 1.29 is 38.6 Å². The van der Waals surface area contributed by atoms with Gasteiger partial charge in [0.15, 0.2) is 23.0 Å². The average Bonchev–Trinajstić information content (AvgIpc) is 3.21. The Bertz CT molecular complexity index is 1030. The van der Waals surface area contributed by atoms with Crippen LogP contribution in [0.5, 0.6) is 34.5 Å². The molecule has 8 nitrogen and oxygen atoms in total. The predicted molar refractivity (Wildman–Crippen MR) is 113 cm³/mol. The van der Waals surface area contributed by atoms with Crippen molar-refractivity contribution in [3.8, 4) is 45.6 Å². The highest BCUT2D eigenvalue weighted by molar-refractivity contribution is 5.89. The van der Waals surface area contributed by atoms with Crippen molar-refractivity contribution in [2.45, 2.75) is 37.9 Å². The SMILES string of the molecule is COc1cc2c(c(OC)c1OC)-c1c(cc(OC)c3c1OCO3)C[C@@](C)(O)[C@@](C)(O)C2. The summed E-state index contributed by atoms with van der Waals surface area (Å²) >= 11 is 0. The molecule has 1 aliphatic carbocycles. The van der Waals surface area contributed by atoms with Gasteiger partial charge < -0.3 is 38.6 Å². The number of aliphatic hydroxyl groups is 2. The molecule has 0 saturated heterocycles. The number of hydrogen-bond acceptors (Lipinski definition) is 8. The van der Waals surface area contributed by atoms with E-state index in [0.717, 1.165) is 5.56 Å². The van der Waals surface area contributed by atoms with Crippen LogP contribution in [0.25, 0.3) is 11.1 Å². The zero-order valence-electron chi connectivity index (χ0n) is 18.6. The zero-order valence-corrected chi connectivity index (χ0v) is 18.6. The normalized spacial score (nSPS) is 23.9. The van der Waals surface area contributed by atoms with E-state index in [2.05, 4.69) is 0 Å². The molecule has 0 saturated carbocycles. The molecule has 31 heavy (non-hydrogen) atoms. The molecule has 2 N–H and O–H groups in total. The first-order chi connectivity index (χ1) is 14.7. The summed E-state index contributed by atoms with van der Waals surface area (Å²) in [5.41, 5.74) is -0.0692. The molecule has 2 aromatic carbocycles. The molecular weight excluding hydrogens is 404 g/mol. The van der Waals surface area contributed by atoms with Crippen LogP contribution in [0.3, 0.4) is 0 Å². The first-order valence-corrected chi connectivity index (χ1v) is 9.95. The van der Waals surface area contributed by atoms with Gasteiger partial charge >= 0.3 is 0 Å². The van der Waals surface area contributed by atoms with Gasteiger partial charge in [-0.05, 0) is 37.1 Å². The second-order valence-corrected chi connectivity index (χ2v) is 8.26. The van der Waals surface area contributed by atoms with Gasteiger partial charge in [-0.15, -0.1) is 0 Å². The van der Waals surface area contributed by atoms with E-state index in [1.165, 1.54) is 14.2 Å². The van der Waals surface area contributed by atoms with Crippen LogP contribution in [0.1, 0.15) is 25.0 Å². The number of fused-ring (bicyclic) bond motifs is 5. The molecule has 4 rings (SSSR count). The Balaban J connectivity index is 2.16. The van der Waals surface area contributed by atoms with E-state index in [4.69, 9.17) is 28.4 Å². The summed E-state index contributed by atoms with van der Waals surface area (Å²) in [6.45, 7) is 3.28. The van der Waals surface area contributed by atoms with Gasteiger partial charge in [0.05, 0.1) is 39.6 Å². The molecule has 2 atom stereocenters. The average molecular weight is 432 g/mol. The van der Waals surface area contributed by atoms with Crippen molar-refractivity contribution in [3.05, 3.63) is 23.3 Å². The maximum absolute atomic E-state index is 11.3. The predicted octanol–water partition coefficient (Wildman–Crippen LogP) is 2.72. The Morgan fingerprint density at radius 3 is 1.77 bits per heavy atom. The maximum Gasteiger partial charge on any atom is 0.231 e. The van der Waals surface area contributed by atoms with Gasteiger partial charge in [0, 0.05) is 24.0 Å². The number of methoxy groups -OCH3 is 4. The summed E-state index contributed by atoms with van der Waals surface area (Å²) in [6, 6.07) is 3.60. The van der Waals surface area contributed by atoms with Crippen molar-refractivity contribution in [1.29, 1.82) is 0 Å². The Hall–Kier alpha value is -2.84.